The molecule has 3 rings (SSSR count). The van der Waals surface area contributed by atoms with Gasteiger partial charge in [-0.3, -0.25) is 9.58 Å². The number of β-amino-alcohol motifs (C(OH)–C–C–N with tert-alkyl or cyclic N) is 1. The molecule has 0 unspecified atom stereocenters. The average molecular weight is 265 g/mol. The standard InChI is InChI=1S/C14H23N3O2/c1-11-7-16(10-14(19-11)12-3-4-12)8-13(18)9-17-6-2-5-15-17/h2,5-6,11-14,18H,3-4,7-10H2,1H3/t11-,13-,14-/m1/s1. The molecule has 1 aromatic rings. The molecule has 1 aliphatic carbocycles. The van der Waals surface area contributed by atoms with Gasteiger partial charge in [0.25, 0.3) is 0 Å². The first-order chi connectivity index (χ1) is 9.20. The lowest BCUT2D eigenvalue weighted by atomic mass is 10.1. The van der Waals surface area contributed by atoms with Crippen LogP contribution in [-0.2, 0) is 11.3 Å². The van der Waals surface area contributed by atoms with Gasteiger partial charge in [-0.25, -0.2) is 0 Å². The van der Waals surface area contributed by atoms with Gasteiger partial charge in [0.2, 0.25) is 0 Å². The van der Waals surface area contributed by atoms with Crippen molar-refractivity contribution in [3.63, 3.8) is 0 Å². The molecule has 0 radical (unpaired) electrons. The number of rotatable bonds is 5. The summed E-state index contributed by atoms with van der Waals surface area (Å²) in [5, 5.41) is 14.3. The molecule has 5 nitrogen and oxygen atoms in total. The molecule has 1 N–H and O–H groups in total. The molecule has 0 bridgehead atoms. The summed E-state index contributed by atoms with van der Waals surface area (Å²) in [6.45, 7) is 5.27. The SMILES string of the molecule is C[C@@H]1CN(C[C@@H](O)Cn2cccn2)C[C@H](C2CC2)O1. The Labute approximate surface area is 114 Å². The molecule has 0 aromatic carbocycles. The maximum Gasteiger partial charge on any atom is 0.0862 e. The summed E-state index contributed by atoms with van der Waals surface area (Å²) in [5.41, 5.74) is 0. The van der Waals surface area contributed by atoms with Gasteiger partial charge in [0.1, 0.15) is 0 Å². The molecular formula is C14H23N3O2. The van der Waals surface area contributed by atoms with E-state index < -0.39 is 0 Å². The van der Waals surface area contributed by atoms with E-state index in [9.17, 15) is 5.11 Å². The first-order valence-corrected chi connectivity index (χ1v) is 7.24. The summed E-state index contributed by atoms with van der Waals surface area (Å²) < 4.78 is 7.77. The minimum atomic E-state index is -0.370. The molecule has 2 heterocycles. The summed E-state index contributed by atoms with van der Waals surface area (Å²) in [5.74, 6) is 0.758. The van der Waals surface area contributed by atoms with Crippen LogP contribution in [0.3, 0.4) is 0 Å². The second-order valence-corrected chi connectivity index (χ2v) is 5.92. The number of hydrogen-bond donors (Lipinski definition) is 1. The van der Waals surface area contributed by atoms with Crippen molar-refractivity contribution in [3.05, 3.63) is 18.5 Å². The van der Waals surface area contributed by atoms with Crippen LogP contribution in [0, 0.1) is 5.92 Å². The highest BCUT2D eigenvalue weighted by Gasteiger charge is 2.37. The zero-order valence-electron chi connectivity index (χ0n) is 11.5. The van der Waals surface area contributed by atoms with Gasteiger partial charge in [-0.2, -0.15) is 5.10 Å². The highest BCUT2D eigenvalue weighted by molar-refractivity contribution is 4.88. The predicted octanol–water partition coefficient (Wildman–Crippen LogP) is 0.743. The normalized spacial score (nSPS) is 30.4. The van der Waals surface area contributed by atoms with Crippen molar-refractivity contribution in [2.45, 2.75) is 44.6 Å². The zero-order valence-corrected chi connectivity index (χ0v) is 11.5. The number of nitrogens with zero attached hydrogens (tertiary/aromatic N) is 3. The Morgan fingerprint density at radius 3 is 2.89 bits per heavy atom. The molecule has 1 saturated carbocycles. The largest absolute Gasteiger partial charge is 0.390 e. The molecule has 5 heteroatoms. The lowest BCUT2D eigenvalue weighted by Gasteiger charge is -2.37. The van der Waals surface area contributed by atoms with Gasteiger partial charge in [0.05, 0.1) is 24.9 Å². The van der Waals surface area contributed by atoms with Gasteiger partial charge in [0, 0.05) is 32.0 Å². The van der Waals surface area contributed by atoms with E-state index in [0.29, 0.717) is 19.2 Å². The number of morpholine rings is 1. The number of ether oxygens (including phenoxy) is 1. The molecule has 1 aliphatic heterocycles. The first kappa shape index (κ1) is 13.1. The molecule has 2 aliphatic rings. The second kappa shape index (κ2) is 5.61. The molecule has 2 fully saturated rings. The van der Waals surface area contributed by atoms with Crippen molar-refractivity contribution < 1.29 is 9.84 Å². The van der Waals surface area contributed by atoms with Gasteiger partial charge >= 0.3 is 0 Å². The Balaban J connectivity index is 1.50. The van der Waals surface area contributed by atoms with Crippen LogP contribution in [0.25, 0.3) is 0 Å². The topological polar surface area (TPSA) is 50.5 Å². The monoisotopic (exact) mass is 265 g/mol. The maximum atomic E-state index is 10.2. The Morgan fingerprint density at radius 1 is 1.37 bits per heavy atom. The van der Waals surface area contributed by atoms with Crippen LogP contribution in [0.2, 0.25) is 0 Å². The van der Waals surface area contributed by atoms with Gasteiger partial charge in [0.15, 0.2) is 0 Å². The second-order valence-electron chi connectivity index (χ2n) is 5.92. The molecule has 19 heavy (non-hydrogen) atoms. The van der Waals surface area contributed by atoms with Crippen molar-refractivity contribution in [2.75, 3.05) is 19.6 Å². The van der Waals surface area contributed by atoms with E-state index in [0.717, 1.165) is 19.0 Å². The Morgan fingerprint density at radius 2 is 2.21 bits per heavy atom. The molecule has 0 spiro atoms. The predicted molar refractivity (Wildman–Crippen MR) is 71.7 cm³/mol. The van der Waals surface area contributed by atoms with Crippen molar-refractivity contribution in [2.24, 2.45) is 5.92 Å². The zero-order chi connectivity index (χ0) is 13.2. The third-order valence-electron chi connectivity index (χ3n) is 3.93. The summed E-state index contributed by atoms with van der Waals surface area (Å²) in [7, 11) is 0. The van der Waals surface area contributed by atoms with Crippen LogP contribution in [0.1, 0.15) is 19.8 Å². The van der Waals surface area contributed by atoms with Crippen molar-refractivity contribution in [1.82, 2.24) is 14.7 Å². The molecule has 0 amide bonds. The highest BCUT2D eigenvalue weighted by atomic mass is 16.5. The lowest BCUT2D eigenvalue weighted by Crippen LogP contribution is -2.50. The van der Waals surface area contributed by atoms with Gasteiger partial charge < -0.3 is 9.84 Å². The van der Waals surface area contributed by atoms with Gasteiger partial charge in [-0.05, 0) is 31.7 Å². The number of aliphatic hydroxyl groups excluding tert-OH is 1. The van der Waals surface area contributed by atoms with Crippen molar-refractivity contribution in [1.29, 1.82) is 0 Å². The minimum Gasteiger partial charge on any atom is -0.390 e. The average Bonchev–Trinajstić information content (AvgIpc) is 3.08. The number of aromatic nitrogens is 2. The Bertz CT molecular complexity index is 391. The van der Waals surface area contributed by atoms with Crippen LogP contribution in [0.4, 0.5) is 0 Å². The van der Waals surface area contributed by atoms with Gasteiger partial charge in [-0.15, -0.1) is 0 Å². The van der Waals surface area contributed by atoms with Crippen LogP contribution in [0.15, 0.2) is 18.5 Å². The summed E-state index contributed by atoms with van der Waals surface area (Å²) >= 11 is 0. The van der Waals surface area contributed by atoms with Crippen molar-refractivity contribution in [3.8, 4) is 0 Å². The number of aliphatic hydroxyl groups is 1. The van der Waals surface area contributed by atoms with E-state index in [-0.39, 0.29) is 12.2 Å². The molecule has 3 atom stereocenters. The minimum absolute atomic E-state index is 0.274. The Hall–Kier alpha value is -0.910. The molecule has 1 aromatic heterocycles. The fraction of sp³-hybridized carbons (Fsp3) is 0.786. The number of hydrogen-bond acceptors (Lipinski definition) is 4. The van der Waals surface area contributed by atoms with E-state index in [1.165, 1.54) is 12.8 Å². The molecular weight excluding hydrogens is 242 g/mol. The van der Waals surface area contributed by atoms with Crippen LogP contribution in [0.5, 0.6) is 0 Å². The third-order valence-corrected chi connectivity index (χ3v) is 3.93. The third kappa shape index (κ3) is 3.55. The summed E-state index contributed by atoms with van der Waals surface area (Å²) in [6.07, 6.45) is 6.52. The molecule has 1 saturated heterocycles. The van der Waals surface area contributed by atoms with E-state index >= 15 is 0 Å². The fourth-order valence-electron chi connectivity index (χ4n) is 2.93. The molecule has 106 valence electrons. The maximum absolute atomic E-state index is 10.2. The quantitative estimate of drug-likeness (QED) is 0.853. The van der Waals surface area contributed by atoms with Crippen molar-refractivity contribution >= 4 is 0 Å². The Kier molecular flexibility index (Phi) is 3.86. The van der Waals surface area contributed by atoms with E-state index in [2.05, 4.69) is 16.9 Å². The van der Waals surface area contributed by atoms with Crippen LogP contribution >= 0.6 is 0 Å². The summed E-state index contributed by atoms with van der Waals surface area (Å²) in [6, 6.07) is 1.88. The van der Waals surface area contributed by atoms with E-state index in [1.807, 2.05) is 12.3 Å². The highest BCUT2D eigenvalue weighted by Crippen LogP contribution is 2.36. The van der Waals surface area contributed by atoms with Crippen LogP contribution in [-0.4, -0.2) is 57.7 Å². The fourth-order valence-corrected chi connectivity index (χ4v) is 2.93. The summed E-state index contributed by atoms with van der Waals surface area (Å²) in [4.78, 5) is 2.34. The van der Waals surface area contributed by atoms with E-state index in [1.54, 1.807) is 10.9 Å². The van der Waals surface area contributed by atoms with E-state index in [4.69, 9.17) is 4.74 Å². The lowest BCUT2D eigenvalue weighted by molar-refractivity contribution is -0.0937. The first-order valence-electron chi connectivity index (χ1n) is 7.24. The van der Waals surface area contributed by atoms with Crippen LogP contribution < -0.4 is 0 Å². The smallest absolute Gasteiger partial charge is 0.0862 e. The van der Waals surface area contributed by atoms with Gasteiger partial charge in [-0.1, -0.05) is 0 Å².